The first kappa shape index (κ1) is 14.0. The number of rotatable bonds is 4. The molecule has 5 heteroatoms. The number of aromatic nitrogens is 2. The van der Waals surface area contributed by atoms with Gasteiger partial charge < -0.3 is 10.6 Å². The molecule has 0 aliphatic rings. The minimum Gasteiger partial charge on any atom is -0.362 e. The van der Waals surface area contributed by atoms with E-state index in [9.17, 15) is 4.79 Å². The van der Waals surface area contributed by atoms with E-state index in [-0.39, 0.29) is 11.9 Å². The summed E-state index contributed by atoms with van der Waals surface area (Å²) < 4.78 is 0. The molecule has 2 rings (SSSR count). The number of nitrogens with zero attached hydrogens (tertiary/aromatic N) is 2. The summed E-state index contributed by atoms with van der Waals surface area (Å²) in [4.78, 5) is 11.1. The summed E-state index contributed by atoms with van der Waals surface area (Å²) in [5, 5.41) is 14.2. The van der Waals surface area contributed by atoms with Gasteiger partial charge >= 0.3 is 0 Å². The van der Waals surface area contributed by atoms with E-state index in [1.807, 2.05) is 50.2 Å². The molecule has 1 unspecified atom stereocenters. The van der Waals surface area contributed by atoms with Crippen LogP contribution in [-0.4, -0.2) is 16.1 Å². The van der Waals surface area contributed by atoms with Gasteiger partial charge in [0.25, 0.3) is 0 Å². The van der Waals surface area contributed by atoms with Crippen LogP contribution in [0.25, 0.3) is 0 Å². The smallest absolute Gasteiger partial charge is 0.221 e. The van der Waals surface area contributed by atoms with E-state index in [4.69, 9.17) is 0 Å². The average Bonchev–Trinajstić information content (AvgIpc) is 2.41. The standard InChI is InChI=1S/C15H18N4O/c1-10-7-8-15(19-18-10)16-11(2)13-5-4-6-14(9-13)17-12(3)20/h4-9,11H,1-3H3,(H,16,19)(H,17,20). The predicted octanol–water partition coefficient (Wildman–Crippen LogP) is 2.92. The Hall–Kier alpha value is -2.43. The van der Waals surface area contributed by atoms with Gasteiger partial charge in [0.05, 0.1) is 11.7 Å². The zero-order chi connectivity index (χ0) is 14.5. The summed E-state index contributed by atoms with van der Waals surface area (Å²) in [5.74, 6) is 0.653. The lowest BCUT2D eigenvalue weighted by Gasteiger charge is -2.15. The topological polar surface area (TPSA) is 66.9 Å². The summed E-state index contributed by atoms with van der Waals surface area (Å²) >= 11 is 0. The molecule has 2 N–H and O–H groups in total. The number of carbonyl (C=O) groups excluding carboxylic acids is 1. The second-order valence-corrected chi connectivity index (χ2v) is 4.73. The molecule has 0 spiro atoms. The highest BCUT2D eigenvalue weighted by atomic mass is 16.1. The van der Waals surface area contributed by atoms with Gasteiger partial charge in [-0.15, -0.1) is 5.10 Å². The largest absolute Gasteiger partial charge is 0.362 e. The van der Waals surface area contributed by atoms with Crippen LogP contribution in [0.2, 0.25) is 0 Å². The normalized spacial score (nSPS) is 11.8. The maximum atomic E-state index is 11.1. The molecule has 0 bridgehead atoms. The van der Waals surface area contributed by atoms with Gasteiger partial charge in [-0.2, -0.15) is 5.10 Å². The Morgan fingerprint density at radius 2 is 2.00 bits per heavy atom. The van der Waals surface area contributed by atoms with Gasteiger partial charge in [-0.1, -0.05) is 12.1 Å². The third kappa shape index (κ3) is 3.78. The van der Waals surface area contributed by atoms with Gasteiger partial charge in [0.1, 0.15) is 5.82 Å². The van der Waals surface area contributed by atoms with Crippen molar-refractivity contribution >= 4 is 17.4 Å². The van der Waals surface area contributed by atoms with E-state index >= 15 is 0 Å². The Labute approximate surface area is 118 Å². The second-order valence-electron chi connectivity index (χ2n) is 4.73. The molecule has 104 valence electrons. The van der Waals surface area contributed by atoms with Crippen LogP contribution < -0.4 is 10.6 Å². The Morgan fingerprint density at radius 3 is 2.65 bits per heavy atom. The van der Waals surface area contributed by atoms with E-state index in [2.05, 4.69) is 20.8 Å². The van der Waals surface area contributed by atoms with Crippen molar-refractivity contribution in [3.05, 3.63) is 47.7 Å². The number of aryl methyl sites for hydroxylation is 1. The van der Waals surface area contributed by atoms with E-state index in [1.54, 1.807) is 0 Å². The average molecular weight is 270 g/mol. The minimum atomic E-state index is -0.0767. The third-order valence-electron chi connectivity index (χ3n) is 2.87. The fraction of sp³-hybridized carbons (Fsp3) is 0.267. The van der Waals surface area contributed by atoms with Crippen molar-refractivity contribution in [1.82, 2.24) is 10.2 Å². The van der Waals surface area contributed by atoms with Gasteiger partial charge in [-0.3, -0.25) is 4.79 Å². The SMILES string of the molecule is CC(=O)Nc1cccc(C(C)Nc2ccc(C)nn2)c1. The molecule has 5 nitrogen and oxygen atoms in total. The molecule has 0 radical (unpaired) electrons. The molecule has 1 aromatic heterocycles. The summed E-state index contributed by atoms with van der Waals surface area (Å²) in [5.41, 5.74) is 2.74. The molecule has 0 saturated heterocycles. The lowest BCUT2D eigenvalue weighted by molar-refractivity contribution is -0.114. The molecule has 1 atom stereocenters. The quantitative estimate of drug-likeness (QED) is 0.896. The predicted molar refractivity (Wildman–Crippen MR) is 79.6 cm³/mol. The highest BCUT2D eigenvalue weighted by Crippen LogP contribution is 2.20. The molecular weight excluding hydrogens is 252 g/mol. The molecule has 0 saturated carbocycles. The molecular formula is C15H18N4O. The Kier molecular flexibility index (Phi) is 4.30. The lowest BCUT2D eigenvalue weighted by atomic mass is 10.1. The van der Waals surface area contributed by atoms with E-state index in [1.165, 1.54) is 6.92 Å². The zero-order valence-electron chi connectivity index (χ0n) is 11.8. The molecule has 0 fully saturated rings. The second kappa shape index (κ2) is 6.14. The van der Waals surface area contributed by atoms with E-state index in [0.29, 0.717) is 0 Å². The summed E-state index contributed by atoms with van der Waals surface area (Å²) in [6.45, 7) is 5.43. The van der Waals surface area contributed by atoms with E-state index < -0.39 is 0 Å². The monoisotopic (exact) mass is 270 g/mol. The first-order chi connectivity index (χ1) is 9.54. The van der Waals surface area contributed by atoms with Crippen molar-refractivity contribution in [1.29, 1.82) is 0 Å². The number of amides is 1. The molecule has 20 heavy (non-hydrogen) atoms. The maximum Gasteiger partial charge on any atom is 0.221 e. The summed E-state index contributed by atoms with van der Waals surface area (Å²) in [6.07, 6.45) is 0. The van der Waals surface area contributed by atoms with Crippen molar-refractivity contribution in [2.75, 3.05) is 10.6 Å². The van der Waals surface area contributed by atoms with Crippen LogP contribution in [0.1, 0.15) is 31.1 Å². The Balaban J connectivity index is 2.10. The number of nitrogens with one attached hydrogen (secondary N) is 2. The molecule has 2 aromatic rings. The maximum absolute atomic E-state index is 11.1. The highest BCUT2D eigenvalue weighted by molar-refractivity contribution is 5.88. The first-order valence-electron chi connectivity index (χ1n) is 6.49. The van der Waals surface area contributed by atoms with E-state index in [0.717, 1.165) is 22.8 Å². The van der Waals surface area contributed by atoms with Crippen molar-refractivity contribution in [2.24, 2.45) is 0 Å². The lowest BCUT2D eigenvalue weighted by Crippen LogP contribution is -2.10. The number of hydrogen-bond acceptors (Lipinski definition) is 4. The van der Waals surface area contributed by atoms with Crippen molar-refractivity contribution < 1.29 is 4.79 Å². The van der Waals surface area contributed by atoms with Crippen LogP contribution in [-0.2, 0) is 4.79 Å². The van der Waals surface area contributed by atoms with Gasteiger partial charge in [-0.25, -0.2) is 0 Å². The fourth-order valence-corrected chi connectivity index (χ4v) is 1.87. The molecule has 1 amide bonds. The van der Waals surface area contributed by atoms with Crippen LogP contribution in [0.5, 0.6) is 0 Å². The minimum absolute atomic E-state index is 0.0701. The van der Waals surface area contributed by atoms with Crippen molar-refractivity contribution in [3.63, 3.8) is 0 Å². The van der Waals surface area contributed by atoms with Crippen LogP contribution in [0, 0.1) is 6.92 Å². The highest BCUT2D eigenvalue weighted by Gasteiger charge is 2.07. The van der Waals surface area contributed by atoms with Gasteiger partial charge in [0, 0.05) is 12.6 Å². The number of carbonyl (C=O) groups is 1. The summed E-state index contributed by atoms with van der Waals surface area (Å²) in [6, 6.07) is 11.6. The van der Waals surface area contributed by atoms with Gasteiger partial charge in [0.2, 0.25) is 5.91 Å². The van der Waals surface area contributed by atoms with Gasteiger partial charge in [0.15, 0.2) is 0 Å². The van der Waals surface area contributed by atoms with Crippen LogP contribution in [0.15, 0.2) is 36.4 Å². The number of anilines is 2. The number of hydrogen-bond donors (Lipinski definition) is 2. The van der Waals surface area contributed by atoms with Crippen LogP contribution in [0.3, 0.4) is 0 Å². The molecule has 0 aliphatic carbocycles. The molecule has 0 aliphatic heterocycles. The zero-order valence-corrected chi connectivity index (χ0v) is 11.8. The fourth-order valence-electron chi connectivity index (χ4n) is 1.87. The van der Waals surface area contributed by atoms with Gasteiger partial charge in [-0.05, 0) is 43.7 Å². The first-order valence-corrected chi connectivity index (χ1v) is 6.49. The molecule has 1 aromatic carbocycles. The van der Waals surface area contributed by atoms with Crippen LogP contribution >= 0.6 is 0 Å². The van der Waals surface area contributed by atoms with Crippen molar-refractivity contribution in [2.45, 2.75) is 26.8 Å². The van der Waals surface area contributed by atoms with Crippen LogP contribution in [0.4, 0.5) is 11.5 Å². The Morgan fingerprint density at radius 1 is 1.20 bits per heavy atom. The third-order valence-corrected chi connectivity index (χ3v) is 2.87. The Bertz CT molecular complexity index is 595. The van der Waals surface area contributed by atoms with Crippen molar-refractivity contribution in [3.8, 4) is 0 Å². The summed E-state index contributed by atoms with van der Waals surface area (Å²) in [7, 11) is 0. The molecule has 1 heterocycles. The number of benzene rings is 1.